The van der Waals surface area contributed by atoms with Crippen LogP contribution in [-0.2, 0) is 5.41 Å². The first-order valence-corrected chi connectivity index (χ1v) is 5.75. The molecule has 78 valence electrons. The lowest BCUT2D eigenvalue weighted by atomic mass is 9.65. The van der Waals surface area contributed by atoms with E-state index in [0.717, 1.165) is 12.8 Å². The fraction of sp³-hybridized carbons (Fsp3) is 0.267. The third-order valence-corrected chi connectivity index (χ3v) is 3.72. The number of rotatable bonds is 1. The van der Waals surface area contributed by atoms with Gasteiger partial charge in [0.25, 0.3) is 0 Å². The Morgan fingerprint density at radius 1 is 1.00 bits per heavy atom. The highest BCUT2D eigenvalue weighted by Gasteiger charge is 2.38. The van der Waals surface area contributed by atoms with Crippen LogP contribution in [0.15, 0.2) is 42.5 Å². The molecular formula is C15H13N. The van der Waals surface area contributed by atoms with Gasteiger partial charge in [0.15, 0.2) is 0 Å². The molecular weight excluding hydrogens is 194 g/mol. The zero-order valence-electron chi connectivity index (χ0n) is 9.11. The molecule has 3 rings (SSSR count). The van der Waals surface area contributed by atoms with E-state index in [2.05, 4.69) is 36.4 Å². The van der Waals surface area contributed by atoms with E-state index in [-0.39, 0.29) is 5.41 Å². The largest absolute Gasteiger partial charge is 0.197 e. The zero-order chi connectivity index (χ0) is 11.0. The molecule has 0 N–H and O–H groups in total. The SMILES string of the molecule is N#CC1(c2ccc3ccccc3c2)CCC1. The molecule has 0 amide bonds. The molecule has 2 aromatic carbocycles. The van der Waals surface area contributed by atoms with Gasteiger partial charge in [-0.1, -0.05) is 36.4 Å². The Morgan fingerprint density at radius 3 is 2.38 bits per heavy atom. The van der Waals surface area contributed by atoms with Crippen LogP contribution in [0.25, 0.3) is 10.8 Å². The lowest BCUT2D eigenvalue weighted by molar-refractivity contribution is 0.324. The molecule has 0 saturated heterocycles. The highest BCUT2D eigenvalue weighted by atomic mass is 14.4. The second kappa shape index (κ2) is 3.35. The first-order valence-electron chi connectivity index (χ1n) is 5.75. The molecule has 1 aliphatic rings. The number of hydrogen-bond donors (Lipinski definition) is 0. The molecule has 1 nitrogen and oxygen atoms in total. The van der Waals surface area contributed by atoms with E-state index in [1.54, 1.807) is 0 Å². The summed E-state index contributed by atoms with van der Waals surface area (Å²) in [5.41, 5.74) is 1.00. The quantitative estimate of drug-likeness (QED) is 0.698. The number of hydrogen-bond acceptors (Lipinski definition) is 1. The summed E-state index contributed by atoms with van der Waals surface area (Å²) in [7, 11) is 0. The summed E-state index contributed by atoms with van der Waals surface area (Å²) in [6, 6.07) is 17.2. The molecule has 0 unspecified atom stereocenters. The number of nitriles is 1. The van der Waals surface area contributed by atoms with Gasteiger partial charge in [-0.05, 0) is 41.7 Å². The Balaban J connectivity index is 2.16. The van der Waals surface area contributed by atoms with Gasteiger partial charge in [-0.25, -0.2) is 0 Å². The molecule has 1 aliphatic carbocycles. The van der Waals surface area contributed by atoms with Gasteiger partial charge in [0.05, 0.1) is 11.5 Å². The van der Waals surface area contributed by atoms with Crippen LogP contribution in [0.1, 0.15) is 24.8 Å². The minimum Gasteiger partial charge on any atom is -0.197 e. The van der Waals surface area contributed by atoms with Crippen LogP contribution in [0.2, 0.25) is 0 Å². The van der Waals surface area contributed by atoms with Crippen molar-refractivity contribution in [1.82, 2.24) is 0 Å². The van der Waals surface area contributed by atoms with Crippen molar-refractivity contribution < 1.29 is 0 Å². The van der Waals surface area contributed by atoms with E-state index < -0.39 is 0 Å². The minimum atomic E-state index is -0.190. The van der Waals surface area contributed by atoms with Crippen molar-refractivity contribution in [2.24, 2.45) is 0 Å². The van der Waals surface area contributed by atoms with E-state index in [1.165, 1.54) is 22.8 Å². The van der Waals surface area contributed by atoms with Gasteiger partial charge < -0.3 is 0 Å². The van der Waals surface area contributed by atoms with Gasteiger partial charge in [0.2, 0.25) is 0 Å². The van der Waals surface area contributed by atoms with Crippen molar-refractivity contribution in [3.8, 4) is 6.07 Å². The first kappa shape index (κ1) is 9.42. The van der Waals surface area contributed by atoms with Crippen molar-refractivity contribution in [1.29, 1.82) is 5.26 Å². The summed E-state index contributed by atoms with van der Waals surface area (Å²) in [6.45, 7) is 0. The molecule has 0 bridgehead atoms. The first-order chi connectivity index (χ1) is 7.84. The maximum Gasteiger partial charge on any atom is 0.0822 e. The van der Waals surface area contributed by atoms with Crippen molar-refractivity contribution in [3.63, 3.8) is 0 Å². The van der Waals surface area contributed by atoms with E-state index in [4.69, 9.17) is 0 Å². The number of benzene rings is 2. The molecule has 1 fully saturated rings. The van der Waals surface area contributed by atoms with Crippen molar-refractivity contribution >= 4 is 10.8 Å². The van der Waals surface area contributed by atoms with E-state index in [0.29, 0.717) is 0 Å². The van der Waals surface area contributed by atoms with E-state index in [1.807, 2.05) is 12.1 Å². The molecule has 0 atom stereocenters. The third-order valence-electron chi connectivity index (χ3n) is 3.72. The molecule has 1 heteroatoms. The highest BCUT2D eigenvalue weighted by Crippen LogP contribution is 2.43. The number of fused-ring (bicyclic) bond motifs is 1. The minimum absolute atomic E-state index is 0.190. The van der Waals surface area contributed by atoms with Crippen LogP contribution in [0.5, 0.6) is 0 Å². The fourth-order valence-corrected chi connectivity index (χ4v) is 2.48. The lowest BCUT2D eigenvalue weighted by Crippen LogP contribution is -2.32. The summed E-state index contributed by atoms with van der Waals surface area (Å²) >= 11 is 0. The Labute approximate surface area is 95.3 Å². The predicted octanol–water partition coefficient (Wildman–Crippen LogP) is 3.79. The summed E-state index contributed by atoms with van der Waals surface area (Å²) in [6.07, 6.45) is 3.21. The van der Waals surface area contributed by atoms with Gasteiger partial charge in [-0.2, -0.15) is 5.26 Å². The van der Waals surface area contributed by atoms with Gasteiger partial charge in [0.1, 0.15) is 0 Å². The third kappa shape index (κ3) is 1.23. The smallest absolute Gasteiger partial charge is 0.0822 e. The Kier molecular flexibility index (Phi) is 1.97. The molecule has 2 aromatic rings. The fourth-order valence-electron chi connectivity index (χ4n) is 2.48. The van der Waals surface area contributed by atoms with E-state index >= 15 is 0 Å². The maximum atomic E-state index is 9.31. The van der Waals surface area contributed by atoms with Crippen LogP contribution >= 0.6 is 0 Å². The lowest BCUT2D eigenvalue weighted by Gasteiger charge is -2.35. The second-order valence-corrected chi connectivity index (χ2v) is 4.61. The van der Waals surface area contributed by atoms with Crippen molar-refractivity contribution in [2.75, 3.05) is 0 Å². The summed E-state index contributed by atoms with van der Waals surface area (Å²) in [5.74, 6) is 0. The molecule has 0 aromatic heterocycles. The van der Waals surface area contributed by atoms with Gasteiger partial charge in [-0.15, -0.1) is 0 Å². The van der Waals surface area contributed by atoms with Gasteiger partial charge in [-0.3, -0.25) is 0 Å². The average molecular weight is 207 g/mol. The van der Waals surface area contributed by atoms with Gasteiger partial charge in [0, 0.05) is 0 Å². The second-order valence-electron chi connectivity index (χ2n) is 4.61. The zero-order valence-corrected chi connectivity index (χ0v) is 9.11. The van der Waals surface area contributed by atoms with Crippen LogP contribution in [0.4, 0.5) is 0 Å². The topological polar surface area (TPSA) is 23.8 Å². The molecule has 0 heterocycles. The Hall–Kier alpha value is -1.81. The molecule has 0 aliphatic heterocycles. The Morgan fingerprint density at radius 2 is 1.75 bits per heavy atom. The van der Waals surface area contributed by atoms with Crippen LogP contribution in [-0.4, -0.2) is 0 Å². The Bertz CT molecular complexity index is 573. The van der Waals surface area contributed by atoms with Crippen LogP contribution in [0, 0.1) is 11.3 Å². The molecule has 0 spiro atoms. The molecule has 16 heavy (non-hydrogen) atoms. The monoisotopic (exact) mass is 207 g/mol. The number of nitrogens with zero attached hydrogens (tertiary/aromatic N) is 1. The van der Waals surface area contributed by atoms with Gasteiger partial charge >= 0.3 is 0 Å². The highest BCUT2D eigenvalue weighted by molar-refractivity contribution is 5.83. The van der Waals surface area contributed by atoms with Crippen molar-refractivity contribution in [3.05, 3.63) is 48.0 Å². The summed E-state index contributed by atoms with van der Waals surface area (Å²) < 4.78 is 0. The van der Waals surface area contributed by atoms with Crippen LogP contribution in [0.3, 0.4) is 0 Å². The normalized spacial score (nSPS) is 17.7. The average Bonchev–Trinajstić information content (AvgIpc) is 2.28. The maximum absolute atomic E-state index is 9.31. The molecule has 1 saturated carbocycles. The molecule has 0 radical (unpaired) electrons. The summed E-state index contributed by atoms with van der Waals surface area (Å²) in [4.78, 5) is 0. The van der Waals surface area contributed by atoms with Crippen LogP contribution < -0.4 is 0 Å². The predicted molar refractivity (Wildman–Crippen MR) is 65.1 cm³/mol. The summed E-state index contributed by atoms with van der Waals surface area (Å²) in [5, 5.41) is 11.8. The van der Waals surface area contributed by atoms with Crippen molar-refractivity contribution in [2.45, 2.75) is 24.7 Å². The van der Waals surface area contributed by atoms with E-state index in [9.17, 15) is 5.26 Å². The standard InChI is InChI=1S/C15H13N/c16-11-15(8-3-9-15)14-7-6-12-4-1-2-5-13(12)10-14/h1-2,4-7,10H,3,8-9H2.